The van der Waals surface area contributed by atoms with E-state index in [0.717, 1.165) is 18.5 Å². The molecule has 0 aliphatic carbocycles. The van der Waals surface area contributed by atoms with Crippen molar-refractivity contribution in [1.82, 2.24) is 4.90 Å². The first-order chi connectivity index (χ1) is 7.29. The van der Waals surface area contributed by atoms with Gasteiger partial charge < -0.3 is 0 Å². The van der Waals surface area contributed by atoms with Gasteiger partial charge in [-0.05, 0) is 26.4 Å². The maximum absolute atomic E-state index is 12.2. The molecule has 1 aromatic carbocycles. The maximum Gasteiger partial charge on any atom is 0.179 e. The molecule has 1 heterocycles. The molecule has 1 aromatic rings. The fraction of sp³-hybridized carbons (Fsp3) is 0.462. The summed E-state index contributed by atoms with van der Waals surface area (Å²) in [6.45, 7) is 1.04. The molecule has 2 heteroatoms. The van der Waals surface area contributed by atoms with E-state index in [1.165, 1.54) is 12.8 Å². The second kappa shape index (κ2) is 4.58. The number of ketones is 1. The highest BCUT2D eigenvalue weighted by Crippen LogP contribution is 2.18. The number of hydrogen-bond donors (Lipinski definition) is 0. The van der Waals surface area contributed by atoms with Gasteiger partial charge in [-0.1, -0.05) is 36.8 Å². The molecule has 0 N–H and O–H groups in total. The zero-order valence-electron chi connectivity index (χ0n) is 9.15. The predicted octanol–water partition coefficient (Wildman–Crippen LogP) is 2.35. The molecule has 2 nitrogen and oxygen atoms in total. The van der Waals surface area contributed by atoms with Crippen LogP contribution in [-0.2, 0) is 0 Å². The first-order valence-electron chi connectivity index (χ1n) is 5.58. The standard InChI is InChI=1S/C13H17NO/c1-14-10-6-5-9-12(14)13(15)11-7-3-2-4-8-11/h2-4,7-8,12H,5-6,9-10H2,1H3. The lowest BCUT2D eigenvalue weighted by atomic mass is 9.95. The van der Waals surface area contributed by atoms with E-state index in [2.05, 4.69) is 4.90 Å². The van der Waals surface area contributed by atoms with Crippen LogP contribution in [0.3, 0.4) is 0 Å². The van der Waals surface area contributed by atoms with Crippen molar-refractivity contribution in [1.29, 1.82) is 0 Å². The molecule has 1 aliphatic heterocycles. The number of benzene rings is 1. The quantitative estimate of drug-likeness (QED) is 0.688. The number of likely N-dealkylation sites (tertiary alicyclic amines) is 1. The number of likely N-dealkylation sites (N-methyl/N-ethyl adjacent to an activating group) is 1. The molecule has 0 aromatic heterocycles. The number of hydrogen-bond acceptors (Lipinski definition) is 2. The summed E-state index contributed by atoms with van der Waals surface area (Å²) in [5, 5.41) is 0. The van der Waals surface area contributed by atoms with Crippen molar-refractivity contribution in [2.45, 2.75) is 25.3 Å². The molecule has 2 rings (SSSR count). The van der Waals surface area contributed by atoms with Crippen LogP contribution in [0.25, 0.3) is 0 Å². The highest BCUT2D eigenvalue weighted by molar-refractivity contribution is 6.00. The number of rotatable bonds is 2. The Balaban J connectivity index is 2.13. The van der Waals surface area contributed by atoms with Crippen molar-refractivity contribution < 1.29 is 4.79 Å². The molecule has 80 valence electrons. The average Bonchev–Trinajstić information content (AvgIpc) is 2.30. The summed E-state index contributed by atoms with van der Waals surface area (Å²) >= 11 is 0. The van der Waals surface area contributed by atoms with Crippen LogP contribution >= 0.6 is 0 Å². The Hall–Kier alpha value is -1.15. The number of nitrogens with zero attached hydrogens (tertiary/aromatic N) is 1. The molecule has 1 aliphatic rings. The van der Waals surface area contributed by atoms with Crippen LogP contribution < -0.4 is 0 Å². The van der Waals surface area contributed by atoms with Crippen molar-refractivity contribution in [3.63, 3.8) is 0 Å². The Morgan fingerprint density at radius 2 is 2.00 bits per heavy atom. The van der Waals surface area contributed by atoms with E-state index < -0.39 is 0 Å². The number of piperidine rings is 1. The zero-order valence-corrected chi connectivity index (χ0v) is 9.15. The van der Waals surface area contributed by atoms with Crippen LogP contribution in [0.4, 0.5) is 0 Å². The van der Waals surface area contributed by atoms with Crippen LogP contribution in [0.2, 0.25) is 0 Å². The second-order valence-corrected chi connectivity index (χ2v) is 4.22. The number of Topliss-reactive ketones (excluding diaryl/α,β-unsaturated/α-hetero) is 1. The van der Waals surface area contributed by atoms with Gasteiger partial charge in [-0.2, -0.15) is 0 Å². The Labute approximate surface area is 90.9 Å². The molecule has 1 saturated heterocycles. The van der Waals surface area contributed by atoms with Gasteiger partial charge in [-0.3, -0.25) is 9.69 Å². The van der Waals surface area contributed by atoms with Gasteiger partial charge in [0, 0.05) is 5.56 Å². The van der Waals surface area contributed by atoms with Crippen LogP contribution in [0, 0.1) is 0 Å². The lowest BCUT2D eigenvalue weighted by Gasteiger charge is -2.31. The van der Waals surface area contributed by atoms with Gasteiger partial charge in [0.1, 0.15) is 0 Å². The lowest BCUT2D eigenvalue weighted by molar-refractivity contribution is 0.0798. The minimum absolute atomic E-state index is 0.0983. The van der Waals surface area contributed by atoms with E-state index >= 15 is 0 Å². The molecule has 15 heavy (non-hydrogen) atoms. The van der Waals surface area contributed by atoms with E-state index in [1.54, 1.807) is 0 Å². The van der Waals surface area contributed by atoms with Gasteiger partial charge >= 0.3 is 0 Å². The molecule has 1 atom stereocenters. The summed E-state index contributed by atoms with van der Waals surface area (Å²) in [6.07, 6.45) is 3.40. The Kier molecular flexibility index (Phi) is 3.17. The Morgan fingerprint density at radius 3 is 2.67 bits per heavy atom. The van der Waals surface area contributed by atoms with Crippen molar-refractivity contribution >= 4 is 5.78 Å². The summed E-state index contributed by atoms with van der Waals surface area (Å²) in [5.41, 5.74) is 0.844. The molecule has 0 saturated carbocycles. The Morgan fingerprint density at radius 1 is 1.27 bits per heavy atom. The minimum atomic E-state index is 0.0983. The third kappa shape index (κ3) is 2.26. The molecule has 0 radical (unpaired) electrons. The number of carbonyl (C=O) groups excluding carboxylic acids is 1. The van der Waals surface area contributed by atoms with E-state index in [0.29, 0.717) is 0 Å². The molecule has 1 fully saturated rings. The van der Waals surface area contributed by atoms with E-state index in [-0.39, 0.29) is 11.8 Å². The third-order valence-electron chi connectivity index (χ3n) is 3.13. The summed E-state index contributed by atoms with van der Waals surface area (Å²) in [7, 11) is 2.05. The van der Waals surface area contributed by atoms with Crippen molar-refractivity contribution in [2.24, 2.45) is 0 Å². The van der Waals surface area contributed by atoms with Crippen molar-refractivity contribution in [3.05, 3.63) is 35.9 Å². The van der Waals surface area contributed by atoms with Crippen molar-refractivity contribution in [3.8, 4) is 0 Å². The summed E-state index contributed by atoms with van der Waals surface area (Å²) in [4.78, 5) is 14.3. The van der Waals surface area contributed by atoms with Gasteiger partial charge in [0.15, 0.2) is 5.78 Å². The normalized spacial score (nSPS) is 22.6. The van der Waals surface area contributed by atoms with E-state index in [9.17, 15) is 4.79 Å². The van der Waals surface area contributed by atoms with E-state index in [4.69, 9.17) is 0 Å². The SMILES string of the molecule is CN1CCCCC1C(=O)c1ccccc1. The topological polar surface area (TPSA) is 20.3 Å². The third-order valence-corrected chi connectivity index (χ3v) is 3.13. The molecular weight excluding hydrogens is 186 g/mol. The minimum Gasteiger partial charge on any atom is -0.296 e. The average molecular weight is 203 g/mol. The van der Waals surface area contributed by atoms with Crippen LogP contribution in [0.15, 0.2) is 30.3 Å². The fourth-order valence-corrected chi connectivity index (χ4v) is 2.20. The zero-order chi connectivity index (χ0) is 10.7. The Bertz CT molecular complexity index is 334. The largest absolute Gasteiger partial charge is 0.296 e. The van der Waals surface area contributed by atoms with Gasteiger partial charge in [-0.25, -0.2) is 0 Å². The maximum atomic E-state index is 12.2. The summed E-state index contributed by atoms with van der Waals surface area (Å²) in [5.74, 6) is 0.276. The van der Waals surface area contributed by atoms with Crippen molar-refractivity contribution in [2.75, 3.05) is 13.6 Å². The fourth-order valence-electron chi connectivity index (χ4n) is 2.20. The van der Waals surface area contributed by atoms with Crippen LogP contribution in [-0.4, -0.2) is 30.3 Å². The highest BCUT2D eigenvalue weighted by atomic mass is 16.1. The molecule has 0 bridgehead atoms. The summed E-state index contributed by atoms with van der Waals surface area (Å²) in [6, 6.07) is 9.71. The molecule has 0 spiro atoms. The van der Waals surface area contributed by atoms with Gasteiger partial charge in [0.25, 0.3) is 0 Å². The lowest BCUT2D eigenvalue weighted by Crippen LogP contribution is -2.41. The molecular formula is C13H17NO. The highest BCUT2D eigenvalue weighted by Gasteiger charge is 2.26. The smallest absolute Gasteiger partial charge is 0.179 e. The first kappa shape index (κ1) is 10.4. The van der Waals surface area contributed by atoms with Gasteiger partial charge in [-0.15, -0.1) is 0 Å². The number of carbonyl (C=O) groups is 1. The second-order valence-electron chi connectivity index (χ2n) is 4.22. The predicted molar refractivity (Wildman–Crippen MR) is 61.0 cm³/mol. The monoisotopic (exact) mass is 203 g/mol. The van der Waals surface area contributed by atoms with Gasteiger partial charge in [0.05, 0.1) is 6.04 Å². The van der Waals surface area contributed by atoms with E-state index in [1.807, 2.05) is 37.4 Å². The molecule has 0 amide bonds. The summed E-state index contributed by atoms with van der Waals surface area (Å²) < 4.78 is 0. The van der Waals surface area contributed by atoms with Crippen LogP contribution in [0.5, 0.6) is 0 Å². The van der Waals surface area contributed by atoms with Gasteiger partial charge in [0.2, 0.25) is 0 Å². The first-order valence-corrected chi connectivity index (χ1v) is 5.58. The van der Waals surface area contributed by atoms with Crippen LogP contribution in [0.1, 0.15) is 29.6 Å². The molecule has 1 unspecified atom stereocenters.